The zero-order chi connectivity index (χ0) is 13.9. The number of aryl methyl sites for hydroxylation is 3. The molecule has 100 valence electrons. The van der Waals surface area contributed by atoms with Gasteiger partial charge in [0, 0.05) is 0 Å². The van der Waals surface area contributed by atoms with Crippen molar-refractivity contribution in [3.63, 3.8) is 0 Å². The number of rotatable bonds is 4. The van der Waals surface area contributed by atoms with Crippen LogP contribution in [0.1, 0.15) is 35.2 Å². The Morgan fingerprint density at radius 2 is 1.83 bits per heavy atom. The van der Waals surface area contributed by atoms with E-state index in [0.717, 1.165) is 22.3 Å². The molecule has 1 aromatic rings. The van der Waals surface area contributed by atoms with E-state index in [1.807, 2.05) is 32.9 Å². The minimum atomic E-state index is -1.33. The van der Waals surface area contributed by atoms with Crippen LogP contribution in [0.5, 0.6) is 0 Å². The van der Waals surface area contributed by atoms with Crippen LogP contribution in [-0.2, 0) is 9.53 Å². The number of esters is 1. The number of nitrogens with two attached hydrogens (primary N) is 1. The maximum absolute atomic E-state index is 11.5. The van der Waals surface area contributed by atoms with Crippen molar-refractivity contribution in [1.29, 1.82) is 0 Å². The van der Waals surface area contributed by atoms with Crippen LogP contribution in [0.25, 0.3) is 0 Å². The van der Waals surface area contributed by atoms with Gasteiger partial charge < -0.3 is 15.6 Å². The monoisotopic (exact) mass is 251 g/mol. The van der Waals surface area contributed by atoms with Gasteiger partial charge in [0.2, 0.25) is 0 Å². The number of carbonyl (C=O) groups excluding carboxylic acids is 1. The fourth-order valence-corrected chi connectivity index (χ4v) is 2.25. The third kappa shape index (κ3) is 3.09. The molecule has 0 heterocycles. The van der Waals surface area contributed by atoms with Gasteiger partial charge in [-0.3, -0.25) is 0 Å². The van der Waals surface area contributed by atoms with E-state index < -0.39 is 18.1 Å². The second-order valence-electron chi connectivity index (χ2n) is 4.54. The van der Waals surface area contributed by atoms with Crippen molar-refractivity contribution >= 4 is 5.97 Å². The predicted molar refractivity (Wildman–Crippen MR) is 70.2 cm³/mol. The van der Waals surface area contributed by atoms with E-state index >= 15 is 0 Å². The average molecular weight is 251 g/mol. The molecule has 0 saturated heterocycles. The summed E-state index contributed by atoms with van der Waals surface area (Å²) in [5, 5.41) is 9.89. The summed E-state index contributed by atoms with van der Waals surface area (Å²) in [5.74, 6) is -0.677. The zero-order valence-corrected chi connectivity index (χ0v) is 11.4. The SMILES string of the molecule is CCOC(=O)[C@H](O)C(N)c1c(C)cc(C)cc1C. The van der Waals surface area contributed by atoms with Crippen molar-refractivity contribution in [3.8, 4) is 0 Å². The van der Waals surface area contributed by atoms with Crippen molar-refractivity contribution in [2.45, 2.75) is 39.8 Å². The number of aliphatic hydroxyl groups excluding tert-OH is 1. The molecule has 4 heteroatoms. The number of aliphatic hydroxyl groups is 1. The lowest BCUT2D eigenvalue weighted by Gasteiger charge is -2.22. The molecule has 0 saturated carbocycles. The first-order valence-corrected chi connectivity index (χ1v) is 6.06. The lowest BCUT2D eigenvalue weighted by atomic mass is 9.91. The molecule has 1 rings (SSSR count). The summed E-state index contributed by atoms with van der Waals surface area (Å²) in [5.41, 5.74) is 9.86. The molecular weight excluding hydrogens is 230 g/mol. The van der Waals surface area contributed by atoms with Crippen LogP contribution in [0.4, 0.5) is 0 Å². The molecule has 0 bridgehead atoms. The van der Waals surface area contributed by atoms with Crippen LogP contribution in [-0.4, -0.2) is 23.8 Å². The Balaban J connectivity index is 3.03. The summed E-state index contributed by atoms with van der Waals surface area (Å²) < 4.78 is 4.78. The Hall–Kier alpha value is -1.39. The van der Waals surface area contributed by atoms with Gasteiger partial charge in [-0.1, -0.05) is 17.7 Å². The van der Waals surface area contributed by atoms with E-state index in [-0.39, 0.29) is 6.61 Å². The first-order valence-electron chi connectivity index (χ1n) is 6.06. The Morgan fingerprint density at radius 3 is 2.28 bits per heavy atom. The number of benzene rings is 1. The highest BCUT2D eigenvalue weighted by Crippen LogP contribution is 2.24. The zero-order valence-electron chi connectivity index (χ0n) is 11.4. The van der Waals surface area contributed by atoms with E-state index in [1.165, 1.54) is 0 Å². The first kappa shape index (κ1) is 14.7. The largest absolute Gasteiger partial charge is 0.464 e. The molecule has 0 aliphatic carbocycles. The van der Waals surface area contributed by atoms with E-state index in [2.05, 4.69) is 0 Å². The summed E-state index contributed by atoms with van der Waals surface area (Å²) in [6.45, 7) is 7.77. The lowest BCUT2D eigenvalue weighted by molar-refractivity contribution is -0.154. The quantitative estimate of drug-likeness (QED) is 0.796. The van der Waals surface area contributed by atoms with E-state index in [9.17, 15) is 9.90 Å². The van der Waals surface area contributed by atoms with Gasteiger partial charge in [0.05, 0.1) is 12.6 Å². The summed E-state index contributed by atoms with van der Waals surface area (Å²) >= 11 is 0. The normalized spacial score (nSPS) is 14.1. The topological polar surface area (TPSA) is 72.5 Å². The van der Waals surface area contributed by atoms with E-state index in [1.54, 1.807) is 6.92 Å². The Kier molecular flexibility index (Phi) is 4.87. The summed E-state index contributed by atoms with van der Waals surface area (Å²) in [4.78, 5) is 11.5. The van der Waals surface area contributed by atoms with Gasteiger partial charge in [0.25, 0.3) is 0 Å². The second kappa shape index (κ2) is 5.98. The molecule has 18 heavy (non-hydrogen) atoms. The summed E-state index contributed by atoms with van der Waals surface area (Å²) in [6.07, 6.45) is -1.33. The molecule has 3 N–H and O–H groups in total. The molecule has 1 aromatic carbocycles. The van der Waals surface area contributed by atoms with Crippen LogP contribution >= 0.6 is 0 Å². The Bertz CT molecular complexity index is 420. The first-order chi connectivity index (χ1) is 8.38. The Labute approximate surface area is 108 Å². The van der Waals surface area contributed by atoms with Gasteiger partial charge >= 0.3 is 5.97 Å². The molecule has 2 atom stereocenters. The van der Waals surface area contributed by atoms with Crippen molar-refractivity contribution in [2.24, 2.45) is 5.73 Å². The second-order valence-corrected chi connectivity index (χ2v) is 4.54. The molecule has 0 fully saturated rings. The van der Waals surface area contributed by atoms with E-state index in [0.29, 0.717) is 0 Å². The van der Waals surface area contributed by atoms with E-state index in [4.69, 9.17) is 10.5 Å². The molecule has 0 spiro atoms. The third-order valence-corrected chi connectivity index (χ3v) is 2.94. The number of hydrogen-bond donors (Lipinski definition) is 2. The van der Waals surface area contributed by atoms with Crippen molar-refractivity contribution in [3.05, 3.63) is 34.4 Å². The standard InChI is InChI=1S/C14H21NO3/c1-5-18-14(17)13(16)12(15)11-9(3)6-8(2)7-10(11)4/h6-7,12-13,16H,5,15H2,1-4H3/t12?,13-/m1/s1. The van der Waals surface area contributed by atoms with Crippen molar-refractivity contribution < 1.29 is 14.6 Å². The molecular formula is C14H21NO3. The van der Waals surface area contributed by atoms with Crippen LogP contribution in [0.15, 0.2) is 12.1 Å². The maximum atomic E-state index is 11.5. The van der Waals surface area contributed by atoms with Gasteiger partial charge in [-0.25, -0.2) is 4.79 Å². The third-order valence-electron chi connectivity index (χ3n) is 2.94. The van der Waals surface area contributed by atoms with Gasteiger partial charge in [-0.2, -0.15) is 0 Å². The molecule has 4 nitrogen and oxygen atoms in total. The number of carbonyl (C=O) groups is 1. The smallest absolute Gasteiger partial charge is 0.336 e. The minimum absolute atomic E-state index is 0.231. The van der Waals surface area contributed by atoms with Crippen LogP contribution in [0.3, 0.4) is 0 Å². The summed E-state index contributed by atoms with van der Waals surface area (Å²) in [6, 6.07) is 3.21. The highest BCUT2D eigenvalue weighted by molar-refractivity contribution is 5.75. The van der Waals surface area contributed by atoms with Crippen LogP contribution in [0, 0.1) is 20.8 Å². The van der Waals surface area contributed by atoms with Crippen LogP contribution < -0.4 is 5.73 Å². The predicted octanol–water partition coefficient (Wildman–Crippen LogP) is 1.54. The maximum Gasteiger partial charge on any atom is 0.336 e. The highest BCUT2D eigenvalue weighted by Gasteiger charge is 2.27. The van der Waals surface area contributed by atoms with Crippen LogP contribution in [0.2, 0.25) is 0 Å². The van der Waals surface area contributed by atoms with Crippen molar-refractivity contribution in [2.75, 3.05) is 6.61 Å². The van der Waals surface area contributed by atoms with Gasteiger partial charge in [-0.05, 0) is 44.4 Å². The molecule has 0 aliphatic heterocycles. The molecule has 0 amide bonds. The van der Waals surface area contributed by atoms with Gasteiger partial charge in [0.1, 0.15) is 0 Å². The Morgan fingerprint density at radius 1 is 1.33 bits per heavy atom. The molecule has 1 unspecified atom stereocenters. The minimum Gasteiger partial charge on any atom is -0.464 e. The highest BCUT2D eigenvalue weighted by atomic mass is 16.5. The fourth-order valence-electron chi connectivity index (χ4n) is 2.25. The fraction of sp³-hybridized carbons (Fsp3) is 0.500. The number of hydrogen-bond acceptors (Lipinski definition) is 4. The average Bonchev–Trinajstić information content (AvgIpc) is 2.26. The molecule has 0 aliphatic rings. The molecule has 0 aromatic heterocycles. The van der Waals surface area contributed by atoms with Crippen molar-refractivity contribution in [1.82, 2.24) is 0 Å². The molecule has 0 radical (unpaired) electrons. The lowest BCUT2D eigenvalue weighted by Crippen LogP contribution is -2.35. The summed E-state index contributed by atoms with van der Waals surface area (Å²) in [7, 11) is 0. The van der Waals surface area contributed by atoms with Gasteiger partial charge in [-0.15, -0.1) is 0 Å². The number of ether oxygens (including phenoxy) is 1. The van der Waals surface area contributed by atoms with Gasteiger partial charge in [0.15, 0.2) is 6.10 Å².